The van der Waals surface area contributed by atoms with Gasteiger partial charge in [-0.15, -0.1) is 21.5 Å². The maximum atomic E-state index is 12.9. The van der Waals surface area contributed by atoms with Crippen LogP contribution in [0, 0.1) is 6.92 Å². The fraction of sp³-hybridized carbons (Fsp3) is 0.208. The minimum atomic E-state index is 0.140. The Labute approximate surface area is 189 Å². The Morgan fingerprint density at radius 3 is 2.81 bits per heavy atom. The van der Waals surface area contributed by atoms with Gasteiger partial charge in [0.05, 0.1) is 5.75 Å². The fourth-order valence-corrected chi connectivity index (χ4v) is 5.57. The van der Waals surface area contributed by atoms with Crippen LogP contribution in [0.5, 0.6) is 0 Å². The monoisotopic (exact) mass is 446 g/mol. The largest absolute Gasteiger partial charge is 0.337 e. The van der Waals surface area contributed by atoms with E-state index in [4.69, 9.17) is 0 Å². The quantitative estimate of drug-likeness (QED) is 0.406. The van der Waals surface area contributed by atoms with Crippen molar-refractivity contribution in [1.29, 1.82) is 0 Å². The summed E-state index contributed by atoms with van der Waals surface area (Å²) in [5, 5.41) is 11.8. The minimum absolute atomic E-state index is 0.140. The molecule has 4 aromatic rings. The number of hydrogen-bond acceptors (Lipinski definition) is 5. The third-order valence-corrected chi connectivity index (χ3v) is 7.35. The standard InChI is InChI=1S/C24H22N4OS2/c1-17-6-5-7-18(14-17)23-25-26-24(28(23)20-8-3-2-4-9-20)31-16-22(29)27-12-10-21-19(15-27)11-13-30-21/h2-9,11,13-14H,10,12,15-16H2,1H3. The van der Waals surface area contributed by atoms with Gasteiger partial charge in [-0.05, 0) is 48.6 Å². The van der Waals surface area contributed by atoms with E-state index >= 15 is 0 Å². The summed E-state index contributed by atoms with van der Waals surface area (Å²) in [6.45, 7) is 3.56. The first kappa shape index (κ1) is 20.0. The molecule has 0 atom stereocenters. The third kappa shape index (κ3) is 4.16. The molecule has 0 radical (unpaired) electrons. The van der Waals surface area contributed by atoms with Crippen molar-refractivity contribution in [1.82, 2.24) is 19.7 Å². The molecule has 31 heavy (non-hydrogen) atoms. The van der Waals surface area contributed by atoms with Gasteiger partial charge in [0, 0.05) is 29.2 Å². The fourth-order valence-electron chi connectivity index (χ4n) is 3.82. The van der Waals surface area contributed by atoms with Gasteiger partial charge in [0.2, 0.25) is 5.91 Å². The number of thioether (sulfide) groups is 1. The number of thiophene rings is 1. The van der Waals surface area contributed by atoms with Crippen molar-refractivity contribution in [3.05, 3.63) is 82.0 Å². The van der Waals surface area contributed by atoms with E-state index in [0.717, 1.165) is 35.2 Å². The molecule has 2 aromatic carbocycles. The molecule has 0 saturated carbocycles. The van der Waals surface area contributed by atoms with Crippen LogP contribution in [0.1, 0.15) is 16.0 Å². The highest BCUT2D eigenvalue weighted by atomic mass is 32.2. The number of aromatic nitrogens is 3. The van der Waals surface area contributed by atoms with Crippen molar-refractivity contribution in [2.24, 2.45) is 0 Å². The highest BCUT2D eigenvalue weighted by molar-refractivity contribution is 7.99. The molecule has 0 bridgehead atoms. The first-order valence-corrected chi connectivity index (χ1v) is 12.1. The number of hydrogen-bond donors (Lipinski definition) is 0. The summed E-state index contributed by atoms with van der Waals surface area (Å²) in [5.41, 5.74) is 4.45. The molecule has 0 spiro atoms. The van der Waals surface area contributed by atoms with Gasteiger partial charge in [0.1, 0.15) is 0 Å². The zero-order chi connectivity index (χ0) is 21.2. The van der Waals surface area contributed by atoms with Crippen molar-refractivity contribution < 1.29 is 4.79 Å². The van der Waals surface area contributed by atoms with Gasteiger partial charge in [-0.3, -0.25) is 9.36 Å². The van der Waals surface area contributed by atoms with Crippen molar-refractivity contribution in [2.75, 3.05) is 12.3 Å². The Kier molecular flexibility index (Phi) is 5.61. The van der Waals surface area contributed by atoms with E-state index in [2.05, 4.69) is 40.7 Å². The van der Waals surface area contributed by atoms with Gasteiger partial charge >= 0.3 is 0 Å². The molecular weight excluding hydrogens is 424 g/mol. The lowest BCUT2D eigenvalue weighted by Crippen LogP contribution is -2.36. The van der Waals surface area contributed by atoms with Gasteiger partial charge in [-0.25, -0.2) is 0 Å². The number of carbonyl (C=O) groups excluding carboxylic acids is 1. The SMILES string of the molecule is Cc1cccc(-c2nnc(SCC(=O)N3CCc4sccc4C3)n2-c2ccccc2)c1. The van der Waals surface area contributed by atoms with E-state index < -0.39 is 0 Å². The molecule has 1 amide bonds. The molecule has 0 saturated heterocycles. The van der Waals surface area contributed by atoms with Crippen molar-refractivity contribution in [3.8, 4) is 17.1 Å². The van der Waals surface area contributed by atoms with Crippen molar-refractivity contribution in [3.63, 3.8) is 0 Å². The Hall–Kier alpha value is -2.90. The molecule has 0 unspecified atom stereocenters. The predicted molar refractivity (Wildman–Crippen MR) is 126 cm³/mol. The molecule has 5 nitrogen and oxygen atoms in total. The summed E-state index contributed by atoms with van der Waals surface area (Å²) in [7, 11) is 0. The van der Waals surface area contributed by atoms with Gasteiger partial charge in [-0.2, -0.15) is 0 Å². The zero-order valence-corrected chi connectivity index (χ0v) is 18.8. The molecule has 1 aliphatic heterocycles. The van der Waals surface area contributed by atoms with Crippen LogP contribution < -0.4 is 0 Å². The van der Waals surface area contributed by atoms with Crippen LogP contribution in [-0.4, -0.2) is 37.9 Å². The summed E-state index contributed by atoms with van der Waals surface area (Å²) >= 11 is 3.23. The maximum Gasteiger partial charge on any atom is 0.233 e. The molecular formula is C24H22N4OS2. The lowest BCUT2D eigenvalue weighted by atomic mass is 10.1. The molecule has 0 fully saturated rings. The first-order chi connectivity index (χ1) is 15.2. The summed E-state index contributed by atoms with van der Waals surface area (Å²) < 4.78 is 2.04. The van der Waals surface area contributed by atoms with Crippen molar-refractivity contribution in [2.45, 2.75) is 25.0 Å². The van der Waals surface area contributed by atoms with Crippen LogP contribution in [0.3, 0.4) is 0 Å². The van der Waals surface area contributed by atoms with Crippen LogP contribution in [0.25, 0.3) is 17.1 Å². The van der Waals surface area contributed by atoms with E-state index in [-0.39, 0.29) is 5.91 Å². The molecule has 2 aromatic heterocycles. The summed E-state index contributed by atoms with van der Waals surface area (Å²) in [5.74, 6) is 1.27. The average Bonchev–Trinajstić information content (AvgIpc) is 3.44. The van der Waals surface area contributed by atoms with E-state index in [0.29, 0.717) is 12.3 Å². The smallest absolute Gasteiger partial charge is 0.233 e. The lowest BCUT2D eigenvalue weighted by Gasteiger charge is -2.26. The van der Waals surface area contributed by atoms with Gasteiger partial charge < -0.3 is 4.90 Å². The number of aryl methyl sites for hydroxylation is 1. The van der Waals surface area contributed by atoms with Crippen LogP contribution >= 0.6 is 23.1 Å². The summed E-state index contributed by atoms with van der Waals surface area (Å²) in [4.78, 5) is 16.3. The normalized spacial score (nSPS) is 13.3. The van der Waals surface area contributed by atoms with Gasteiger partial charge in [0.15, 0.2) is 11.0 Å². The van der Waals surface area contributed by atoms with Crippen molar-refractivity contribution >= 4 is 29.0 Å². The van der Waals surface area contributed by atoms with Gasteiger partial charge in [0.25, 0.3) is 0 Å². The number of rotatable bonds is 5. The Bertz CT molecular complexity index is 1220. The molecule has 7 heteroatoms. The highest BCUT2D eigenvalue weighted by Gasteiger charge is 2.23. The predicted octanol–water partition coefficient (Wildman–Crippen LogP) is 4.98. The Morgan fingerprint density at radius 2 is 1.97 bits per heavy atom. The number of fused-ring (bicyclic) bond motifs is 1. The Balaban J connectivity index is 1.40. The number of nitrogens with zero attached hydrogens (tertiary/aromatic N) is 4. The maximum absolute atomic E-state index is 12.9. The van der Waals surface area contributed by atoms with Crippen LogP contribution in [0.4, 0.5) is 0 Å². The minimum Gasteiger partial charge on any atom is -0.337 e. The second-order valence-corrected chi connectivity index (χ2v) is 9.51. The number of carbonyl (C=O) groups is 1. The second kappa shape index (κ2) is 8.69. The molecule has 156 valence electrons. The summed E-state index contributed by atoms with van der Waals surface area (Å²) in [6.07, 6.45) is 0.946. The third-order valence-electron chi connectivity index (χ3n) is 5.41. The average molecular weight is 447 g/mol. The molecule has 0 N–H and O–H groups in total. The topological polar surface area (TPSA) is 51.0 Å². The van der Waals surface area contributed by atoms with Crippen LogP contribution in [-0.2, 0) is 17.8 Å². The zero-order valence-electron chi connectivity index (χ0n) is 17.2. The summed E-state index contributed by atoms with van der Waals surface area (Å²) in [6, 6.07) is 20.4. The van der Waals surface area contributed by atoms with E-state index in [9.17, 15) is 4.79 Å². The number of para-hydroxylation sites is 1. The van der Waals surface area contributed by atoms with E-state index in [1.807, 2.05) is 51.9 Å². The molecule has 3 heterocycles. The first-order valence-electron chi connectivity index (χ1n) is 10.2. The van der Waals surface area contributed by atoms with Crippen LogP contribution in [0.15, 0.2) is 71.2 Å². The van der Waals surface area contributed by atoms with E-state index in [1.165, 1.54) is 27.8 Å². The molecule has 0 aliphatic carbocycles. The van der Waals surface area contributed by atoms with Gasteiger partial charge in [-0.1, -0.05) is 53.7 Å². The van der Waals surface area contributed by atoms with E-state index in [1.54, 1.807) is 11.3 Å². The molecule has 5 rings (SSSR count). The number of benzene rings is 2. The number of amides is 1. The highest BCUT2D eigenvalue weighted by Crippen LogP contribution is 2.29. The molecule has 1 aliphatic rings. The lowest BCUT2D eigenvalue weighted by molar-refractivity contribution is -0.129. The second-order valence-electron chi connectivity index (χ2n) is 7.57. The Morgan fingerprint density at radius 1 is 1.10 bits per heavy atom. The van der Waals surface area contributed by atoms with Crippen LogP contribution in [0.2, 0.25) is 0 Å².